The van der Waals surface area contributed by atoms with Gasteiger partial charge >= 0.3 is 0 Å². The molecule has 0 atom stereocenters. The number of ether oxygens (including phenoxy) is 1. The number of nitrogens with zero attached hydrogens (tertiary/aromatic N) is 4. The van der Waals surface area contributed by atoms with Crippen LogP contribution < -0.4 is 5.73 Å². The Kier molecular flexibility index (Phi) is 3.85. The molecule has 2 aromatic heterocycles. The Bertz CT molecular complexity index is 930. The molecule has 0 radical (unpaired) electrons. The van der Waals surface area contributed by atoms with Crippen LogP contribution in [0.4, 0.5) is 5.82 Å². The molecule has 25 heavy (non-hydrogen) atoms. The van der Waals surface area contributed by atoms with Gasteiger partial charge < -0.3 is 15.4 Å². The number of anilines is 1. The maximum atomic E-state index is 12.7. The molecule has 7 nitrogen and oxygen atoms in total. The Balaban J connectivity index is 1.80. The van der Waals surface area contributed by atoms with Crippen LogP contribution in [0, 0.1) is 6.92 Å². The van der Waals surface area contributed by atoms with Gasteiger partial charge in [-0.25, -0.2) is 4.98 Å². The van der Waals surface area contributed by atoms with Crippen molar-refractivity contribution in [3.8, 4) is 11.1 Å². The van der Waals surface area contributed by atoms with Gasteiger partial charge in [0.25, 0.3) is 5.91 Å². The Morgan fingerprint density at radius 1 is 1.20 bits per heavy atom. The average Bonchev–Trinajstić information content (AvgIpc) is 3.00. The number of nitrogens with two attached hydrogens (primary N) is 1. The minimum absolute atomic E-state index is 0.135. The maximum Gasteiger partial charge on any atom is 0.259 e. The van der Waals surface area contributed by atoms with Gasteiger partial charge in [0.05, 0.1) is 18.9 Å². The van der Waals surface area contributed by atoms with Crippen molar-refractivity contribution in [2.45, 2.75) is 6.92 Å². The first kappa shape index (κ1) is 15.6. The van der Waals surface area contributed by atoms with Crippen molar-refractivity contribution in [2.75, 3.05) is 32.0 Å². The fourth-order valence-corrected chi connectivity index (χ4v) is 3.15. The van der Waals surface area contributed by atoms with Crippen LogP contribution in [-0.4, -0.2) is 51.7 Å². The molecule has 0 saturated carbocycles. The fraction of sp³-hybridized carbons (Fsp3) is 0.278. The van der Waals surface area contributed by atoms with E-state index in [1.807, 2.05) is 37.3 Å². The molecule has 4 rings (SSSR count). The van der Waals surface area contributed by atoms with Crippen LogP contribution in [0.5, 0.6) is 0 Å². The van der Waals surface area contributed by atoms with Gasteiger partial charge in [-0.1, -0.05) is 30.3 Å². The summed E-state index contributed by atoms with van der Waals surface area (Å²) in [7, 11) is 0. The van der Waals surface area contributed by atoms with Crippen molar-refractivity contribution < 1.29 is 9.53 Å². The molecule has 128 valence electrons. The highest BCUT2D eigenvalue weighted by Crippen LogP contribution is 2.29. The zero-order chi connectivity index (χ0) is 17.4. The number of hydrogen-bond donors (Lipinski definition) is 1. The number of aryl methyl sites for hydroxylation is 1. The minimum atomic E-state index is -0.135. The van der Waals surface area contributed by atoms with Crippen LogP contribution in [0.25, 0.3) is 16.8 Å². The minimum Gasteiger partial charge on any atom is -0.383 e. The summed E-state index contributed by atoms with van der Waals surface area (Å²) in [5.41, 5.74) is 10.1. The summed E-state index contributed by atoms with van der Waals surface area (Å²) in [5.74, 6) is 0.177. The molecule has 0 aliphatic carbocycles. The molecular formula is C18H19N5O2. The quantitative estimate of drug-likeness (QED) is 0.770. The highest BCUT2D eigenvalue weighted by molar-refractivity contribution is 5.99. The third-order valence-electron chi connectivity index (χ3n) is 4.45. The van der Waals surface area contributed by atoms with E-state index in [1.165, 1.54) is 0 Å². The number of amides is 1. The second-order valence-electron chi connectivity index (χ2n) is 6.02. The van der Waals surface area contributed by atoms with Gasteiger partial charge in [-0.2, -0.15) is 9.61 Å². The first-order chi connectivity index (χ1) is 12.2. The van der Waals surface area contributed by atoms with Crippen molar-refractivity contribution in [3.05, 3.63) is 47.8 Å². The summed E-state index contributed by atoms with van der Waals surface area (Å²) >= 11 is 0. The van der Waals surface area contributed by atoms with E-state index in [-0.39, 0.29) is 5.91 Å². The monoisotopic (exact) mass is 337 g/mol. The van der Waals surface area contributed by atoms with Crippen LogP contribution >= 0.6 is 0 Å². The standard InChI is InChI=1S/C18H19N5O2/c1-12-15(13-5-3-2-4-6-13)17-20-11-14(16(19)23(17)21-12)18(24)22-7-9-25-10-8-22/h2-6,11H,7-10,19H2,1H3. The van der Waals surface area contributed by atoms with Gasteiger partial charge in [0.1, 0.15) is 11.4 Å². The highest BCUT2D eigenvalue weighted by atomic mass is 16.5. The van der Waals surface area contributed by atoms with E-state index in [0.717, 1.165) is 16.8 Å². The third kappa shape index (κ3) is 2.62. The summed E-state index contributed by atoms with van der Waals surface area (Å²) in [4.78, 5) is 19.0. The summed E-state index contributed by atoms with van der Waals surface area (Å²) in [6.45, 7) is 4.12. The molecule has 1 aromatic carbocycles. The molecule has 3 heterocycles. The zero-order valence-corrected chi connectivity index (χ0v) is 14.0. The molecule has 1 fully saturated rings. The molecule has 1 aliphatic heterocycles. The van der Waals surface area contributed by atoms with Crippen molar-refractivity contribution in [2.24, 2.45) is 0 Å². The Hall–Kier alpha value is -2.93. The van der Waals surface area contributed by atoms with Crippen LogP contribution in [-0.2, 0) is 4.74 Å². The summed E-state index contributed by atoms with van der Waals surface area (Å²) in [5, 5.41) is 4.51. The molecule has 1 aliphatic rings. The molecule has 1 saturated heterocycles. The van der Waals surface area contributed by atoms with Crippen LogP contribution in [0.1, 0.15) is 16.1 Å². The lowest BCUT2D eigenvalue weighted by Gasteiger charge is -2.27. The number of carbonyl (C=O) groups excluding carboxylic acids is 1. The average molecular weight is 337 g/mol. The third-order valence-corrected chi connectivity index (χ3v) is 4.45. The number of benzene rings is 1. The van der Waals surface area contributed by atoms with Gasteiger partial charge in [0.15, 0.2) is 5.65 Å². The first-order valence-electron chi connectivity index (χ1n) is 8.23. The number of rotatable bonds is 2. The van der Waals surface area contributed by atoms with Crippen molar-refractivity contribution >= 4 is 17.4 Å². The van der Waals surface area contributed by atoms with Gasteiger partial charge in [-0.3, -0.25) is 4.79 Å². The van der Waals surface area contributed by atoms with Crippen LogP contribution in [0.3, 0.4) is 0 Å². The van der Waals surface area contributed by atoms with Crippen LogP contribution in [0.2, 0.25) is 0 Å². The largest absolute Gasteiger partial charge is 0.383 e. The number of morpholine rings is 1. The van der Waals surface area contributed by atoms with Crippen molar-refractivity contribution in [3.63, 3.8) is 0 Å². The first-order valence-corrected chi connectivity index (χ1v) is 8.23. The Morgan fingerprint density at radius 2 is 1.92 bits per heavy atom. The lowest BCUT2D eigenvalue weighted by Crippen LogP contribution is -2.41. The maximum absolute atomic E-state index is 12.7. The SMILES string of the molecule is Cc1nn2c(N)c(C(=O)N3CCOCC3)cnc2c1-c1ccccc1. The molecule has 0 bridgehead atoms. The number of nitrogen functional groups attached to an aromatic ring is 1. The molecule has 7 heteroatoms. The van der Waals surface area contributed by atoms with Gasteiger partial charge in [-0.05, 0) is 12.5 Å². The number of carbonyl (C=O) groups is 1. The predicted octanol–water partition coefficient (Wildman–Crippen LogP) is 1.76. The second-order valence-corrected chi connectivity index (χ2v) is 6.02. The molecule has 2 N–H and O–H groups in total. The molecular weight excluding hydrogens is 318 g/mol. The number of fused-ring (bicyclic) bond motifs is 1. The highest BCUT2D eigenvalue weighted by Gasteiger charge is 2.24. The summed E-state index contributed by atoms with van der Waals surface area (Å²) in [6.07, 6.45) is 1.55. The van der Waals surface area contributed by atoms with E-state index < -0.39 is 0 Å². The molecule has 0 spiro atoms. The van der Waals surface area contributed by atoms with Gasteiger partial charge in [0.2, 0.25) is 0 Å². The van der Waals surface area contributed by atoms with E-state index in [0.29, 0.717) is 43.3 Å². The lowest BCUT2D eigenvalue weighted by atomic mass is 10.1. The fourth-order valence-electron chi connectivity index (χ4n) is 3.15. The number of hydrogen-bond acceptors (Lipinski definition) is 5. The molecule has 3 aromatic rings. The lowest BCUT2D eigenvalue weighted by molar-refractivity contribution is 0.0303. The second kappa shape index (κ2) is 6.18. The summed E-state index contributed by atoms with van der Waals surface area (Å²) < 4.78 is 6.86. The zero-order valence-electron chi connectivity index (χ0n) is 14.0. The van der Waals surface area contributed by atoms with Crippen molar-refractivity contribution in [1.82, 2.24) is 19.5 Å². The molecule has 0 unspecified atom stereocenters. The van der Waals surface area contributed by atoms with E-state index in [1.54, 1.807) is 15.6 Å². The van der Waals surface area contributed by atoms with Gasteiger partial charge in [0, 0.05) is 24.8 Å². The predicted molar refractivity (Wildman–Crippen MR) is 94.3 cm³/mol. The van der Waals surface area contributed by atoms with E-state index >= 15 is 0 Å². The van der Waals surface area contributed by atoms with E-state index in [9.17, 15) is 4.79 Å². The Morgan fingerprint density at radius 3 is 2.64 bits per heavy atom. The van der Waals surface area contributed by atoms with Crippen molar-refractivity contribution in [1.29, 1.82) is 0 Å². The summed E-state index contributed by atoms with van der Waals surface area (Å²) in [6, 6.07) is 9.92. The smallest absolute Gasteiger partial charge is 0.259 e. The van der Waals surface area contributed by atoms with Crippen LogP contribution in [0.15, 0.2) is 36.5 Å². The Labute approximate surface area is 145 Å². The normalized spacial score (nSPS) is 14.8. The topological polar surface area (TPSA) is 85.8 Å². The molecule has 1 amide bonds. The number of aromatic nitrogens is 3. The van der Waals surface area contributed by atoms with Gasteiger partial charge in [-0.15, -0.1) is 0 Å². The van der Waals surface area contributed by atoms with E-state index in [2.05, 4.69) is 10.1 Å². The van der Waals surface area contributed by atoms with E-state index in [4.69, 9.17) is 10.5 Å².